The lowest BCUT2D eigenvalue weighted by atomic mass is 10.1. The Morgan fingerprint density at radius 3 is 2.65 bits per heavy atom. The van der Waals surface area contributed by atoms with Crippen LogP contribution in [0.2, 0.25) is 0 Å². The molecule has 2 heterocycles. The molecule has 6 heteroatoms. The molecule has 1 aromatic rings. The molecule has 0 aromatic carbocycles. The molecule has 0 saturated carbocycles. The summed E-state index contributed by atoms with van der Waals surface area (Å²) in [5, 5.41) is 6.65. The van der Waals surface area contributed by atoms with Crippen molar-refractivity contribution in [3.63, 3.8) is 0 Å². The predicted molar refractivity (Wildman–Crippen MR) is 98.1 cm³/mol. The molecule has 0 spiro atoms. The minimum absolute atomic E-state index is 0.156. The molecule has 1 aliphatic heterocycles. The number of unbranched alkanes of at least 4 members (excludes halogenated alkanes) is 5. The minimum atomic E-state index is -0.412. The molecule has 1 aromatic heterocycles. The molecule has 0 radical (unpaired) electrons. The van der Waals surface area contributed by atoms with Crippen molar-refractivity contribution >= 4 is 46.6 Å². The van der Waals surface area contributed by atoms with Crippen LogP contribution in [-0.4, -0.2) is 28.4 Å². The quantitative estimate of drug-likeness (QED) is 0.336. The second-order valence-electron chi connectivity index (χ2n) is 5.60. The molecular weight excluding hydrogens is 328 g/mol. The number of nitrogens with one attached hydrogen (secondary N) is 1. The van der Waals surface area contributed by atoms with Gasteiger partial charge in [-0.15, -0.1) is 0 Å². The fraction of sp³-hybridized carbons (Fsp3) is 0.471. The molecule has 1 N–H and O–H groups in total. The van der Waals surface area contributed by atoms with Gasteiger partial charge in [-0.05, 0) is 47.1 Å². The molecule has 4 nitrogen and oxygen atoms in total. The Bertz CT molecular complexity index is 594. The Labute approximate surface area is 146 Å². The van der Waals surface area contributed by atoms with Crippen LogP contribution in [0.3, 0.4) is 0 Å². The van der Waals surface area contributed by atoms with Crippen LogP contribution in [-0.2, 0) is 9.59 Å². The first-order valence-electron chi connectivity index (χ1n) is 8.04. The summed E-state index contributed by atoms with van der Waals surface area (Å²) in [5.74, 6) is -0.705. The molecule has 0 aliphatic carbocycles. The van der Waals surface area contributed by atoms with Gasteiger partial charge in [0.25, 0.3) is 11.8 Å². The summed E-state index contributed by atoms with van der Waals surface area (Å²) in [4.78, 5) is 26.1. The zero-order valence-electron chi connectivity index (χ0n) is 13.3. The van der Waals surface area contributed by atoms with E-state index in [1.165, 1.54) is 41.9 Å². The predicted octanol–water partition coefficient (Wildman–Crippen LogP) is 3.74. The standard InChI is InChI=1S/C17H22N2O2S2/c1-2-3-4-5-6-7-9-19-16(21)14(15(20)18-17(19)22)11-13-8-10-23-12-13/h8,10-12H,2-7,9H2,1H3,(H,18,20,22)/b14-11-. The Hall–Kier alpha value is -1.53. The van der Waals surface area contributed by atoms with Crippen molar-refractivity contribution in [2.45, 2.75) is 45.4 Å². The summed E-state index contributed by atoms with van der Waals surface area (Å²) in [7, 11) is 0. The zero-order valence-corrected chi connectivity index (χ0v) is 15.0. The molecule has 1 fully saturated rings. The number of carbonyl (C=O) groups excluding carboxylic acids is 2. The number of hydrogen-bond acceptors (Lipinski definition) is 4. The van der Waals surface area contributed by atoms with Crippen molar-refractivity contribution in [2.24, 2.45) is 0 Å². The summed E-state index contributed by atoms with van der Waals surface area (Å²) >= 11 is 6.68. The first-order chi connectivity index (χ1) is 11.1. The highest BCUT2D eigenvalue weighted by Gasteiger charge is 2.32. The van der Waals surface area contributed by atoms with Crippen molar-refractivity contribution in [3.8, 4) is 0 Å². The van der Waals surface area contributed by atoms with E-state index in [4.69, 9.17) is 12.2 Å². The first-order valence-corrected chi connectivity index (χ1v) is 9.39. The molecule has 0 unspecified atom stereocenters. The van der Waals surface area contributed by atoms with E-state index >= 15 is 0 Å². The molecule has 0 bridgehead atoms. The fourth-order valence-corrected chi connectivity index (χ4v) is 3.36. The third-order valence-electron chi connectivity index (χ3n) is 3.78. The van der Waals surface area contributed by atoms with Gasteiger partial charge in [0.05, 0.1) is 0 Å². The summed E-state index contributed by atoms with van der Waals surface area (Å²) in [6.07, 6.45) is 8.48. The van der Waals surface area contributed by atoms with Gasteiger partial charge in [-0.25, -0.2) is 0 Å². The molecular formula is C17H22N2O2S2. The number of hydrogen-bond donors (Lipinski definition) is 1. The molecule has 1 saturated heterocycles. The molecule has 2 rings (SSSR count). The van der Waals surface area contributed by atoms with E-state index in [0.717, 1.165) is 18.4 Å². The fourth-order valence-electron chi connectivity index (χ4n) is 2.47. The van der Waals surface area contributed by atoms with Gasteiger partial charge in [-0.3, -0.25) is 19.8 Å². The van der Waals surface area contributed by atoms with E-state index < -0.39 is 5.91 Å². The van der Waals surface area contributed by atoms with Crippen molar-refractivity contribution in [1.29, 1.82) is 0 Å². The third-order valence-corrected chi connectivity index (χ3v) is 4.80. The van der Waals surface area contributed by atoms with Gasteiger partial charge >= 0.3 is 0 Å². The Morgan fingerprint density at radius 1 is 1.22 bits per heavy atom. The SMILES string of the molecule is CCCCCCCCN1C(=O)/C(=C\c2ccsc2)C(=O)NC1=S. The lowest BCUT2D eigenvalue weighted by molar-refractivity contribution is -0.128. The van der Waals surface area contributed by atoms with E-state index in [1.54, 1.807) is 6.08 Å². The maximum Gasteiger partial charge on any atom is 0.265 e. The van der Waals surface area contributed by atoms with Crippen LogP contribution in [0.4, 0.5) is 0 Å². The first kappa shape index (κ1) is 17.8. The van der Waals surface area contributed by atoms with E-state index in [9.17, 15) is 9.59 Å². The number of rotatable bonds is 8. The van der Waals surface area contributed by atoms with Crippen LogP contribution in [0.5, 0.6) is 0 Å². The van der Waals surface area contributed by atoms with Crippen LogP contribution < -0.4 is 5.32 Å². The third kappa shape index (κ3) is 4.97. The maximum absolute atomic E-state index is 12.6. The number of carbonyl (C=O) groups is 2. The van der Waals surface area contributed by atoms with Crippen LogP contribution in [0.1, 0.15) is 51.0 Å². The van der Waals surface area contributed by atoms with Crippen molar-refractivity contribution in [2.75, 3.05) is 6.54 Å². The summed E-state index contributed by atoms with van der Waals surface area (Å²) in [5.41, 5.74) is 1.02. The summed E-state index contributed by atoms with van der Waals surface area (Å²) in [6.45, 7) is 2.75. The largest absolute Gasteiger partial charge is 0.298 e. The minimum Gasteiger partial charge on any atom is -0.298 e. The van der Waals surface area contributed by atoms with Crippen LogP contribution in [0, 0.1) is 0 Å². The highest BCUT2D eigenvalue weighted by atomic mass is 32.1. The van der Waals surface area contributed by atoms with Crippen LogP contribution in [0.15, 0.2) is 22.4 Å². The highest BCUT2D eigenvalue weighted by molar-refractivity contribution is 7.80. The van der Waals surface area contributed by atoms with E-state index in [1.807, 2.05) is 16.8 Å². The second kappa shape index (κ2) is 8.93. The van der Waals surface area contributed by atoms with Gasteiger partial charge in [0.2, 0.25) is 0 Å². The van der Waals surface area contributed by atoms with Crippen molar-refractivity contribution < 1.29 is 9.59 Å². The maximum atomic E-state index is 12.6. The number of nitrogens with zero attached hydrogens (tertiary/aromatic N) is 1. The average Bonchev–Trinajstić information content (AvgIpc) is 3.03. The molecule has 2 amide bonds. The number of thiophene rings is 1. The topological polar surface area (TPSA) is 49.4 Å². The van der Waals surface area contributed by atoms with Gasteiger partial charge < -0.3 is 0 Å². The smallest absolute Gasteiger partial charge is 0.265 e. The van der Waals surface area contributed by atoms with Crippen LogP contribution in [0.25, 0.3) is 6.08 Å². The van der Waals surface area contributed by atoms with Gasteiger partial charge in [0.1, 0.15) is 5.57 Å². The molecule has 124 valence electrons. The van der Waals surface area contributed by atoms with E-state index in [2.05, 4.69) is 12.2 Å². The highest BCUT2D eigenvalue weighted by Crippen LogP contribution is 2.17. The van der Waals surface area contributed by atoms with Crippen molar-refractivity contribution in [3.05, 3.63) is 28.0 Å². The second-order valence-corrected chi connectivity index (χ2v) is 6.77. The van der Waals surface area contributed by atoms with Gasteiger partial charge in [-0.1, -0.05) is 39.0 Å². The summed E-state index contributed by atoms with van der Waals surface area (Å²) < 4.78 is 0. The van der Waals surface area contributed by atoms with Crippen molar-refractivity contribution in [1.82, 2.24) is 10.2 Å². The zero-order chi connectivity index (χ0) is 16.7. The number of thiocarbonyl (C=S) groups is 1. The monoisotopic (exact) mass is 350 g/mol. The normalized spacial score (nSPS) is 17.0. The van der Waals surface area contributed by atoms with E-state index in [0.29, 0.717) is 6.54 Å². The van der Waals surface area contributed by atoms with Gasteiger partial charge in [-0.2, -0.15) is 11.3 Å². The lowest BCUT2D eigenvalue weighted by Crippen LogP contribution is -2.54. The Balaban J connectivity index is 1.95. The molecule has 1 aliphatic rings. The number of amides is 2. The van der Waals surface area contributed by atoms with Gasteiger partial charge in [0, 0.05) is 6.54 Å². The van der Waals surface area contributed by atoms with Crippen LogP contribution >= 0.6 is 23.6 Å². The Morgan fingerprint density at radius 2 is 1.96 bits per heavy atom. The average molecular weight is 351 g/mol. The summed E-state index contributed by atoms with van der Waals surface area (Å²) in [6, 6.07) is 1.88. The lowest BCUT2D eigenvalue weighted by Gasteiger charge is -2.28. The van der Waals surface area contributed by atoms with E-state index in [-0.39, 0.29) is 16.6 Å². The Kier molecular flexibility index (Phi) is 6.92. The molecule has 23 heavy (non-hydrogen) atoms. The van der Waals surface area contributed by atoms with Gasteiger partial charge in [0.15, 0.2) is 5.11 Å². The molecule has 0 atom stereocenters.